The van der Waals surface area contributed by atoms with Crippen LogP contribution in [-0.4, -0.2) is 63.8 Å². The van der Waals surface area contributed by atoms with Crippen LogP contribution < -0.4 is 20.1 Å². The van der Waals surface area contributed by atoms with E-state index in [-0.39, 0.29) is 6.10 Å². The molecule has 1 aliphatic heterocycles. The molecule has 27 heavy (non-hydrogen) atoms. The molecular formula is C21H36N4O2. The summed E-state index contributed by atoms with van der Waals surface area (Å²) in [6.07, 6.45) is 3.79. The Kier molecular flexibility index (Phi) is 9.25. The van der Waals surface area contributed by atoms with Crippen LogP contribution >= 0.6 is 0 Å². The molecule has 0 saturated carbocycles. The van der Waals surface area contributed by atoms with E-state index in [2.05, 4.69) is 27.4 Å². The van der Waals surface area contributed by atoms with Crippen LogP contribution in [0.3, 0.4) is 0 Å². The normalized spacial score (nSPS) is 17.4. The van der Waals surface area contributed by atoms with Gasteiger partial charge in [0, 0.05) is 19.7 Å². The van der Waals surface area contributed by atoms with E-state index in [4.69, 9.17) is 9.47 Å². The van der Waals surface area contributed by atoms with Gasteiger partial charge in [-0.25, -0.2) is 0 Å². The van der Waals surface area contributed by atoms with Gasteiger partial charge in [-0.1, -0.05) is 13.0 Å². The van der Waals surface area contributed by atoms with Crippen molar-refractivity contribution in [2.75, 3.05) is 46.9 Å². The van der Waals surface area contributed by atoms with Gasteiger partial charge in [0.25, 0.3) is 0 Å². The van der Waals surface area contributed by atoms with Gasteiger partial charge in [0.05, 0.1) is 13.7 Å². The third kappa shape index (κ3) is 7.67. The lowest BCUT2D eigenvalue weighted by Crippen LogP contribution is -2.45. The first-order chi connectivity index (χ1) is 13.1. The van der Waals surface area contributed by atoms with Crippen molar-refractivity contribution in [3.8, 4) is 11.5 Å². The van der Waals surface area contributed by atoms with E-state index >= 15 is 0 Å². The summed E-state index contributed by atoms with van der Waals surface area (Å²) < 4.78 is 11.2. The SMILES string of the molecule is CCCN1CCC(CNC(=NC)NCC(C)Oc2cccc(OC)c2)CC1. The number of nitrogens with zero attached hydrogens (tertiary/aromatic N) is 2. The first-order valence-electron chi connectivity index (χ1n) is 10.1. The predicted molar refractivity (Wildman–Crippen MR) is 112 cm³/mol. The second-order valence-electron chi connectivity index (χ2n) is 7.23. The highest BCUT2D eigenvalue weighted by molar-refractivity contribution is 5.79. The fourth-order valence-corrected chi connectivity index (χ4v) is 3.38. The fourth-order valence-electron chi connectivity index (χ4n) is 3.38. The van der Waals surface area contributed by atoms with Crippen molar-refractivity contribution in [3.05, 3.63) is 24.3 Å². The van der Waals surface area contributed by atoms with Gasteiger partial charge in [-0.15, -0.1) is 0 Å². The molecule has 1 saturated heterocycles. The van der Waals surface area contributed by atoms with Crippen LogP contribution in [0.15, 0.2) is 29.3 Å². The van der Waals surface area contributed by atoms with Crippen molar-refractivity contribution in [1.82, 2.24) is 15.5 Å². The summed E-state index contributed by atoms with van der Waals surface area (Å²) in [6, 6.07) is 7.68. The molecular weight excluding hydrogens is 340 g/mol. The smallest absolute Gasteiger partial charge is 0.191 e. The summed E-state index contributed by atoms with van der Waals surface area (Å²) in [5.74, 6) is 3.18. The Morgan fingerprint density at radius 3 is 2.67 bits per heavy atom. The molecule has 0 amide bonds. The Labute approximate surface area is 164 Å². The number of aliphatic imine (C=N–C) groups is 1. The topological polar surface area (TPSA) is 58.1 Å². The molecule has 1 heterocycles. The molecule has 1 fully saturated rings. The van der Waals surface area contributed by atoms with Crippen molar-refractivity contribution < 1.29 is 9.47 Å². The lowest BCUT2D eigenvalue weighted by Gasteiger charge is -2.32. The third-order valence-electron chi connectivity index (χ3n) is 4.96. The Hall–Kier alpha value is -1.95. The van der Waals surface area contributed by atoms with Crippen LogP contribution in [0.5, 0.6) is 11.5 Å². The molecule has 0 bridgehead atoms. The summed E-state index contributed by atoms with van der Waals surface area (Å²) in [7, 11) is 3.47. The minimum Gasteiger partial charge on any atom is -0.497 e. The average Bonchev–Trinajstić information content (AvgIpc) is 2.69. The van der Waals surface area contributed by atoms with Crippen LogP contribution in [0.25, 0.3) is 0 Å². The number of benzene rings is 1. The fraction of sp³-hybridized carbons (Fsp3) is 0.667. The standard InChI is InChI=1S/C21H36N4O2/c1-5-11-25-12-9-18(10-13-25)16-24-21(22-3)23-15-17(2)27-20-8-6-7-19(14-20)26-4/h6-8,14,17-18H,5,9-13,15-16H2,1-4H3,(H2,22,23,24). The van der Waals surface area contributed by atoms with E-state index in [0.29, 0.717) is 6.54 Å². The minimum absolute atomic E-state index is 0.0212. The number of hydrogen-bond acceptors (Lipinski definition) is 4. The van der Waals surface area contributed by atoms with E-state index in [1.807, 2.05) is 38.2 Å². The molecule has 152 valence electrons. The highest BCUT2D eigenvalue weighted by Crippen LogP contribution is 2.20. The molecule has 2 N–H and O–H groups in total. The molecule has 0 aromatic heterocycles. The quantitative estimate of drug-likeness (QED) is 0.513. The molecule has 1 atom stereocenters. The monoisotopic (exact) mass is 376 g/mol. The Balaban J connectivity index is 1.67. The highest BCUT2D eigenvalue weighted by atomic mass is 16.5. The van der Waals surface area contributed by atoms with Crippen LogP contribution in [0.2, 0.25) is 0 Å². The van der Waals surface area contributed by atoms with Crippen molar-refractivity contribution in [1.29, 1.82) is 0 Å². The molecule has 2 rings (SSSR count). The highest BCUT2D eigenvalue weighted by Gasteiger charge is 2.18. The zero-order chi connectivity index (χ0) is 19.5. The summed E-state index contributed by atoms with van der Waals surface area (Å²) in [4.78, 5) is 6.90. The predicted octanol–water partition coefficient (Wildman–Crippen LogP) is 2.75. The van der Waals surface area contributed by atoms with E-state index < -0.39 is 0 Å². The maximum absolute atomic E-state index is 5.95. The zero-order valence-electron chi connectivity index (χ0n) is 17.3. The van der Waals surface area contributed by atoms with Gasteiger partial charge < -0.3 is 25.0 Å². The van der Waals surface area contributed by atoms with Crippen molar-refractivity contribution in [2.24, 2.45) is 10.9 Å². The van der Waals surface area contributed by atoms with E-state index in [9.17, 15) is 0 Å². The van der Waals surface area contributed by atoms with Gasteiger partial charge in [0.2, 0.25) is 0 Å². The second-order valence-corrected chi connectivity index (χ2v) is 7.23. The number of ether oxygens (including phenoxy) is 2. The molecule has 1 aliphatic rings. The molecule has 0 spiro atoms. The number of likely N-dealkylation sites (tertiary alicyclic amines) is 1. The van der Waals surface area contributed by atoms with Crippen molar-refractivity contribution >= 4 is 5.96 Å². The van der Waals surface area contributed by atoms with Gasteiger partial charge in [-0.05, 0) is 63.9 Å². The molecule has 1 aromatic carbocycles. The van der Waals surface area contributed by atoms with Gasteiger partial charge >= 0.3 is 0 Å². The zero-order valence-corrected chi connectivity index (χ0v) is 17.3. The van der Waals surface area contributed by atoms with Gasteiger partial charge in [0.15, 0.2) is 5.96 Å². The van der Waals surface area contributed by atoms with Gasteiger partial charge in [-0.2, -0.15) is 0 Å². The van der Waals surface area contributed by atoms with Gasteiger partial charge in [0.1, 0.15) is 17.6 Å². The van der Waals surface area contributed by atoms with E-state index in [1.165, 1.54) is 38.9 Å². The maximum atomic E-state index is 5.95. The van der Waals surface area contributed by atoms with Crippen LogP contribution in [-0.2, 0) is 0 Å². The first-order valence-corrected chi connectivity index (χ1v) is 10.1. The molecule has 0 radical (unpaired) electrons. The summed E-state index contributed by atoms with van der Waals surface area (Å²) in [6.45, 7) is 9.63. The Bertz CT molecular complexity index is 571. The lowest BCUT2D eigenvalue weighted by atomic mass is 9.97. The molecule has 0 aliphatic carbocycles. The van der Waals surface area contributed by atoms with Gasteiger partial charge in [-0.3, -0.25) is 4.99 Å². The third-order valence-corrected chi connectivity index (χ3v) is 4.96. The van der Waals surface area contributed by atoms with E-state index in [0.717, 1.165) is 29.9 Å². The number of hydrogen-bond donors (Lipinski definition) is 2. The summed E-state index contributed by atoms with van der Waals surface area (Å²) >= 11 is 0. The largest absolute Gasteiger partial charge is 0.497 e. The van der Waals surface area contributed by atoms with Crippen LogP contribution in [0.4, 0.5) is 0 Å². The first kappa shape index (κ1) is 21.4. The Morgan fingerprint density at radius 2 is 2.00 bits per heavy atom. The molecule has 1 unspecified atom stereocenters. The van der Waals surface area contributed by atoms with E-state index in [1.54, 1.807) is 7.11 Å². The number of rotatable bonds is 9. The molecule has 6 nitrogen and oxygen atoms in total. The Morgan fingerprint density at radius 1 is 1.26 bits per heavy atom. The molecule has 1 aromatic rings. The number of piperidine rings is 1. The number of nitrogens with one attached hydrogen (secondary N) is 2. The summed E-state index contributed by atoms with van der Waals surface area (Å²) in [5, 5.41) is 6.83. The second kappa shape index (κ2) is 11.7. The lowest BCUT2D eigenvalue weighted by molar-refractivity contribution is 0.185. The van der Waals surface area contributed by atoms with Crippen molar-refractivity contribution in [2.45, 2.75) is 39.2 Å². The number of methoxy groups -OCH3 is 1. The van der Waals surface area contributed by atoms with Crippen molar-refractivity contribution in [3.63, 3.8) is 0 Å². The average molecular weight is 377 g/mol. The molecule has 6 heteroatoms. The van der Waals surface area contributed by atoms with Crippen LogP contribution in [0, 0.1) is 5.92 Å². The summed E-state index contributed by atoms with van der Waals surface area (Å²) in [5.41, 5.74) is 0. The maximum Gasteiger partial charge on any atom is 0.191 e. The number of guanidine groups is 1. The minimum atomic E-state index is 0.0212. The van der Waals surface area contributed by atoms with Crippen LogP contribution in [0.1, 0.15) is 33.1 Å².